The van der Waals surface area contributed by atoms with E-state index in [1.54, 1.807) is 24.3 Å². The number of nitrogens with two attached hydrogens (primary N) is 1. The highest BCUT2D eigenvalue weighted by molar-refractivity contribution is 5.93. The summed E-state index contributed by atoms with van der Waals surface area (Å²) in [5, 5.41) is 9.10. The zero-order valence-corrected chi connectivity index (χ0v) is 11.6. The number of nitrogens with zero attached hydrogens (tertiary/aromatic N) is 1. The Hall–Kier alpha value is -2.50. The number of anilines is 1. The van der Waals surface area contributed by atoms with Crippen LogP contribution in [0.25, 0.3) is 11.3 Å². The van der Waals surface area contributed by atoms with Crippen LogP contribution in [0.1, 0.15) is 31.3 Å². The number of carboxylic acids is 1. The highest BCUT2D eigenvalue weighted by atomic mass is 16.5. The number of H-pyrrole nitrogens is 1. The first-order valence-corrected chi connectivity index (χ1v) is 6.14. The predicted octanol–water partition coefficient (Wildman–Crippen LogP) is 2.53. The van der Waals surface area contributed by atoms with Crippen LogP contribution in [0.15, 0.2) is 24.3 Å². The van der Waals surface area contributed by atoms with Gasteiger partial charge in [-0.25, -0.2) is 9.78 Å². The van der Waals surface area contributed by atoms with Gasteiger partial charge in [0.25, 0.3) is 0 Å². The third-order valence-corrected chi connectivity index (χ3v) is 2.49. The number of aromatic nitrogens is 2. The SMILES string of the molecule is CC(C)(C)Oc1ccc(-c2nc(N)[nH]c2C(=O)O)cc1. The molecule has 1 heterocycles. The lowest BCUT2D eigenvalue weighted by molar-refractivity contribution is 0.0692. The number of imidazole rings is 1. The van der Waals surface area contributed by atoms with E-state index in [4.69, 9.17) is 15.6 Å². The summed E-state index contributed by atoms with van der Waals surface area (Å²) in [4.78, 5) is 17.6. The first kappa shape index (κ1) is 13.9. The Balaban J connectivity index is 2.33. The number of ether oxygens (including phenoxy) is 1. The summed E-state index contributed by atoms with van der Waals surface area (Å²) in [7, 11) is 0. The molecule has 0 unspecified atom stereocenters. The lowest BCUT2D eigenvalue weighted by Gasteiger charge is -2.21. The van der Waals surface area contributed by atoms with Crippen LogP contribution in [-0.4, -0.2) is 26.6 Å². The van der Waals surface area contributed by atoms with E-state index >= 15 is 0 Å². The Morgan fingerprint density at radius 1 is 1.30 bits per heavy atom. The number of aromatic carboxylic acids is 1. The zero-order chi connectivity index (χ0) is 14.9. The minimum absolute atomic E-state index is 0.0213. The lowest BCUT2D eigenvalue weighted by Crippen LogP contribution is -2.22. The molecule has 2 aromatic rings. The van der Waals surface area contributed by atoms with E-state index in [9.17, 15) is 4.79 Å². The molecule has 0 amide bonds. The van der Waals surface area contributed by atoms with Gasteiger partial charge in [0.2, 0.25) is 0 Å². The van der Waals surface area contributed by atoms with Gasteiger partial charge in [-0.15, -0.1) is 0 Å². The van der Waals surface area contributed by atoms with E-state index in [0.717, 1.165) is 0 Å². The summed E-state index contributed by atoms with van der Waals surface area (Å²) in [5.41, 5.74) is 6.18. The average molecular weight is 275 g/mol. The van der Waals surface area contributed by atoms with Crippen LogP contribution in [0, 0.1) is 0 Å². The minimum Gasteiger partial charge on any atom is -0.488 e. The summed E-state index contributed by atoms with van der Waals surface area (Å²) in [5.74, 6) is -0.312. The first-order valence-electron chi connectivity index (χ1n) is 6.14. The minimum atomic E-state index is -1.10. The number of benzene rings is 1. The molecule has 4 N–H and O–H groups in total. The topological polar surface area (TPSA) is 101 Å². The number of rotatable bonds is 3. The molecule has 106 valence electrons. The van der Waals surface area contributed by atoms with Gasteiger partial charge in [0.05, 0.1) is 0 Å². The van der Waals surface area contributed by atoms with E-state index in [2.05, 4.69) is 9.97 Å². The molecule has 0 spiro atoms. The predicted molar refractivity (Wildman–Crippen MR) is 75.8 cm³/mol. The summed E-state index contributed by atoms with van der Waals surface area (Å²) in [6.07, 6.45) is 0. The molecule has 6 heteroatoms. The maximum absolute atomic E-state index is 11.1. The van der Waals surface area contributed by atoms with Crippen molar-refractivity contribution in [2.45, 2.75) is 26.4 Å². The van der Waals surface area contributed by atoms with Crippen LogP contribution in [0.2, 0.25) is 0 Å². The second-order valence-corrected chi connectivity index (χ2v) is 5.39. The molecule has 0 aliphatic rings. The summed E-state index contributed by atoms with van der Waals surface area (Å²) in [6.45, 7) is 5.87. The van der Waals surface area contributed by atoms with Crippen LogP contribution in [-0.2, 0) is 0 Å². The molecular formula is C14H17N3O3. The average Bonchev–Trinajstić information content (AvgIpc) is 2.70. The van der Waals surface area contributed by atoms with Gasteiger partial charge in [-0.2, -0.15) is 0 Å². The number of nitrogens with one attached hydrogen (secondary N) is 1. The van der Waals surface area contributed by atoms with Gasteiger partial charge in [-0.3, -0.25) is 0 Å². The Bertz CT molecular complexity index is 624. The van der Waals surface area contributed by atoms with Crippen molar-refractivity contribution >= 4 is 11.9 Å². The highest BCUT2D eigenvalue weighted by Crippen LogP contribution is 2.26. The maximum atomic E-state index is 11.1. The highest BCUT2D eigenvalue weighted by Gasteiger charge is 2.17. The fourth-order valence-corrected chi connectivity index (χ4v) is 1.79. The summed E-state index contributed by atoms with van der Waals surface area (Å²) < 4.78 is 5.71. The van der Waals surface area contributed by atoms with Crippen molar-refractivity contribution in [3.05, 3.63) is 30.0 Å². The Morgan fingerprint density at radius 2 is 1.90 bits per heavy atom. The Labute approximate surface area is 116 Å². The molecule has 0 radical (unpaired) electrons. The normalized spacial score (nSPS) is 11.3. The van der Waals surface area contributed by atoms with Gasteiger partial charge in [-0.05, 0) is 45.0 Å². The van der Waals surface area contributed by atoms with Gasteiger partial charge in [0.15, 0.2) is 11.6 Å². The van der Waals surface area contributed by atoms with Crippen molar-refractivity contribution < 1.29 is 14.6 Å². The van der Waals surface area contributed by atoms with Crippen molar-refractivity contribution in [1.82, 2.24) is 9.97 Å². The second kappa shape index (κ2) is 4.88. The maximum Gasteiger partial charge on any atom is 0.354 e. The van der Waals surface area contributed by atoms with Crippen LogP contribution in [0.3, 0.4) is 0 Å². The van der Waals surface area contributed by atoms with Gasteiger partial charge in [0, 0.05) is 5.56 Å². The number of carboxylic acid groups (broad SMARTS) is 1. The Morgan fingerprint density at radius 3 is 2.40 bits per heavy atom. The van der Waals surface area contributed by atoms with E-state index in [0.29, 0.717) is 17.0 Å². The Kier molecular flexibility index (Phi) is 3.40. The monoisotopic (exact) mass is 275 g/mol. The van der Waals surface area contributed by atoms with Crippen LogP contribution < -0.4 is 10.5 Å². The molecule has 1 aromatic heterocycles. The van der Waals surface area contributed by atoms with Crippen molar-refractivity contribution in [3.63, 3.8) is 0 Å². The lowest BCUT2D eigenvalue weighted by atomic mass is 10.1. The molecule has 0 saturated carbocycles. The molecule has 1 aromatic carbocycles. The summed E-state index contributed by atoms with van der Waals surface area (Å²) in [6, 6.07) is 7.06. The molecule has 0 aliphatic carbocycles. The number of hydrogen-bond donors (Lipinski definition) is 3. The van der Waals surface area contributed by atoms with Gasteiger partial charge in [0.1, 0.15) is 17.0 Å². The smallest absolute Gasteiger partial charge is 0.354 e. The number of carbonyl (C=O) groups is 1. The third kappa shape index (κ3) is 3.09. The number of aromatic amines is 1. The third-order valence-electron chi connectivity index (χ3n) is 2.49. The van der Waals surface area contributed by atoms with Crippen molar-refractivity contribution in [1.29, 1.82) is 0 Å². The van der Waals surface area contributed by atoms with E-state index in [-0.39, 0.29) is 17.2 Å². The fraction of sp³-hybridized carbons (Fsp3) is 0.286. The zero-order valence-electron chi connectivity index (χ0n) is 11.6. The molecule has 20 heavy (non-hydrogen) atoms. The van der Waals surface area contributed by atoms with Crippen molar-refractivity contribution in [2.75, 3.05) is 5.73 Å². The van der Waals surface area contributed by atoms with Crippen molar-refractivity contribution in [3.8, 4) is 17.0 Å². The van der Waals surface area contributed by atoms with Crippen LogP contribution in [0.5, 0.6) is 5.75 Å². The second-order valence-electron chi connectivity index (χ2n) is 5.39. The molecule has 0 saturated heterocycles. The quantitative estimate of drug-likeness (QED) is 0.799. The van der Waals surface area contributed by atoms with Gasteiger partial charge >= 0.3 is 5.97 Å². The standard InChI is InChI=1S/C14H17N3O3/c1-14(2,3)20-9-6-4-8(5-7-9)10-11(12(18)19)17-13(15)16-10/h4-7H,1-3H3,(H,18,19)(H3,15,16,17). The van der Waals surface area contributed by atoms with Crippen molar-refractivity contribution in [2.24, 2.45) is 0 Å². The van der Waals surface area contributed by atoms with Crippen LogP contribution in [0.4, 0.5) is 5.95 Å². The van der Waals surface area contributed by atoms with Gasteiger partial charge < -0.3 is 20.6 Å². The molecule has 0 bridgehead atoms. The van der Waals surface area contributed by atoms with E-state index in [1.807, 2.05) is 20.8 Å². The molecule has 6 nitrogen and oxygen atoms in total. The summed E-state index contributed by atoms with van der Waals surface area (Å²) >= 11 is 0. The molecule has 0 fully saturated rings. The molecule has 2 rings (SSSR count). The van der Waals surface area contributed by atoms with Crippen LogP contribution >= 0.6 is 0 Å². The molecule has 0 aliphatic heterocycles. The molecule has 0 atom stereocenters. The number of nitrogen functional groups attached to an aromatic ring is 1. The van der Waals surface area contributed by atoms with Gasteiger partial charge in [-0.1, -0.05) is 0 Å². The van der Waals surface area contributed by atoms with E-state index in [1.165, 1.54) is 0 Å². The van der Waals surface area contributed by atoms with E-state index < -0.39 is 5.97 Å². The first-order chi connectivity index (χ1) is 9.26. The number of hydrogen-bond acceptors (Lipinski definition) is 4. The largest absolute Gasteiger partial charge is 0.488 e. The fourth-order valence-electron chi connectivity index (χ4n) is 1.79. The molecular weight excluding hydrogens is 258 g/mol.